The van der Waals surface area contributed by atoms with Crippen molar-refractivity contribution in [3.05, 3.63) is 59.4 Å². The lowest BCUT2D eigenvalue weighted by Gasteiger charge is -2.43. The Morgan fingerprint density at radius 1 is 1.26 bits per heavy atom. The summed E-state index contributed by atoms with van der Waals surface area (Å²) in [6.07, 6.45) is 5.42. The molecule has 0 aliphatic carbocycles. The minimum absolute atomic E-state index is 0.149. The number of nitrogens with zero attached hydrogens (tertiary/aromatic N) is 1. The van der Waals surface area contributed by atoms with Gasteiger partial charge in [0.25, 0.3) is 0 Å². The van der Waals surface area contributed by atoms with E-state index in [1.165, 1.54) is 6.07 Å². The largest absolute Gasteiger partial charge is 0.385 e. The van der Waals surface area contributed by atoms with Gasteiger partial charge in [-0.05, 0) is 61.3 Å². The molecule has 4 nitrogen and oxygen atoms in total. The smallest absolute Gasteiger partial charge is 0.209 e. The summed E-state index contributed by atoms with van der Waals surface area (Å²) in [6.45, 7) is 3.88. The van der Waals surface area contributed by atoms with Gasteiger partial charge in [-0.3, -0.25) is 4.79 Å². The second kappa shape index (κ2) is 10.9. The number of unbranched alkanes of at least 4 members (excludes halogenated alkanes) is 1. The molecule has 1 saturated heterocycles. The number of hydrogen-bond donors (Lipinski definition) is 1. The molecule has 2 atom stereocenters. The highest BCUT2D eigenvalue weighted by molar-refractivity contribution is 5.70. The van der Waals surface area contributed by atoms with Gasteiger partial charge in [0.2, 0.25) is 6.41 Å². The molecule has 0 unspecified atom stereocenters. The minimum Gasteiger partial charge on any atom is -0.385 e. The molecule has 1 fully saturated rings. The van der Waals surface area contributed by atoms with Crippen LogP contribution in [-0.2, 0) is 21.6 Å². The van der Waals surface area contributed by atoms with Crippen LogP contribution in [0.2, 0.25) is 0 Å². The lowest BCUT2D eigenvalue weighted by atomic mass is 9.72. The van der Waals surface area contributed by atoms with E-state index in [9.17, 15) is 9.90 Å². The average Bonchev–Trinajstić information content (AvgIpc) is 2.81. The van der Waals surface area contributed by atoms with Crippen molar-refractivity contribution in [3.63, 3.8) is 0 Å². The summed E-state index contributed by atoms with van der Waals surface area (Å²) in [7, 11) is 1.67. The van der Waals surface area contributed by atoms with E-state index < -0.39 is 5.60 Å². The van der Waals surface area contributed by atoms with E-state index in [2.05, 4.69) is 6.92 Å². The molecular formula is C26H34FNO3. The van der Waals surface area contributed by atoms with E-state index in [0.29, 0.717) is 37.2 Å². The first kappa shape index (κ1) is 23.4. The van der Waals surface area contributed by atoms with Gasteiger partial charge in [-0.25, -0.2) is 4.39 Å². The first-order valence-electron chi connectivity index (χ1n) is 11.3. The highest BCUT2D eigenvalue weighted by Crippen LogP contribution is 2.44. The van der Waals surface area contributed by atoms with Crippen LogP contribution in [0.3, 0.4) is 0 Å². The number of likely N-dealkylation sites (tertiary alicyclic amines) is 1. The van der Waals surface area contributed by atoms with Crippen LogP contribution in [0.5, 0.6) is 0 Å². The predicted molar refractivity (Wildman–Crippen MR) is 121 cm³/mol. The summed E-state index contributed by atoms with van der Waals surface area (Å²) in [5.74, 6) is -0.479. The summed E-state index contributed by atoms with van der Waals surface area (Å²) in [6, 6.07) is 12.9. The monoisotopic (exact) mass is 427 g/mol. The van der Waals surface area contributed by atoms with Crippen LogP contribution in [-0.4, -0.2) is 43.2 Å². The molecule has 31 heavy (non-hydrogen) atoms. The van der Waals surface area contributed by atoms with E-state index in [4.69, 9.17) is 4.74 Å². The number of benzene rings is 2. The van der Waals surface area contributed by atoms with Crippen LogP contribution >= 0.6 is 0 Å². The van der Waals surface area contributed by atoms with E-state index in [1.807, 2.05) is 30.3 Å². The van der Waals surface area contributed by atoms with E-state index in [0.717, 1.165) is 49.6 Å². The van der Waals surface area contributed by atoms with E-state index in [1.54, 1.807) is 18.1 Å². The van der Waals surface area contributed by atoms with Crippen LogP contribution in [0.1, 0.15) is 50.2 Å². The SMILES string of the molecule is CCc1cccc(-c2c(F)cccc2[C@](O)(CCCCOC)[C@@H]2CCCN(C=O)C2)c1. The molecule has 5 heteroatoms. The van der Waals surface area contributed by atoms with Crippen LogP contribution in [0.4, 0.5) is 4.39 Å². The van der Waals surface area contributed by atoms with Gasteiger partial charge in [-0.2, -0.15) is 0 Å². The first-order chi connectivity index (χ1) is 15.0. The lowest BCUT2D eigenvalue weighted by molar-refractivity contribution is -0.123. The van der Waals surface area contributed by atoms with Gasteiger partial charge in [0.1, 0.15) is 5.82 Å². The quantitative estimate of drug-likeness (QED) is 0.432. The first-order valence-corrected chi connectivity index (χ1v) is 11.3. The van der Waals surface area contributed by atoms with Crippen molar-refractivity contribution < 1.29 is 19.0 Å². The van der Waals surface area contributed by atoms with Gasteiger partial charge in [0.05, 0.1) is 5.60 Å². The van der Waals surface area contributed by atoms with Crippen molar-refractivity contribution in [2.75, 3.05) is 26.8 Å². The molecule has 168 valence electrons. The maximum atomic E-state index is 15.3. The molecule has 1 aliphatic heterocycles. The second-order valence-corrected chi connectivity index (χ2v) is 8.53. The Morgan fingerprint density at radius 3 is 2.81 bits per heavy atom. The molecule has 0 bridgehead atoms. The summed E-state index contributed by atoms with van der Waals surface area (Å²) in [5, 5.41) is 12.2. The highest BCUT2D eigenvalue weighted by atomic mass is 19.1. The number of carbonyl (C=O) groups excluding carboxylic acids is 1. The molecule has 0 aromatic heterocycles. The lowest BCUT2D eigenvalue weighted by Crippen LogP contribution is -2.46. The molecular weight excluding hydrogens is 393 g/mol. The normalized spacial score (nSPS) is 18.6. The maximum absolute atomic E-state index is 15.3. The number of aryl methyl sites for hydroxylation is 1. The summed E-state index contributed by atoms with van der Waals surface area (Å²) < 4.78 is 20.4. The Labute approximate surface area is 185 Å². The third-order valence-corrected chi connectivity index (χ3v) is 6.54. The van der Waals surface area contributed by atoms with Crippen molar-refractivity contribution >= 4 is 6.41 Å². The fraction of sp³-hybridized carbons (Fsp3) is 0.500. The Kier molecular flexibility index (Phi) is 8.22. The zero-order chi connectivity index (χ0) is 22.3. The van der Waals surface area contributed by atoms with Crippen molar-refractivity contribution in [1.29, 1.82) is 0 Å². The predicted octanol–water partition coefficient (Wildman–Crippen LogP) is 4.93. The average molecular weight is 428 g/mol. The molecule has 0 radical (unpaired) electrons. The number of aliphatic hydroxyl groups is 1. The van der Waals surface area contributed by atoms with Crippen molar-refractivity contribution in [1.82, 2.24) is 4.90 Å². The Hall–Kier alpha value is -2.24. The fourth-order valence-corrected chi connectivity index (χ4v) is 4.82. The topological polar surface area (TPSA) is 49.8 Å². The van der Waals surface area contributed by atoms with Gasteiger partial charge in [-0.15, -0.1) is 0 Å². The molecule has 1 heterocycles. The van der Waals surface area contributed by atoms with Crippen molar-refractivity contribution in [2.24, 2.45) is 5.92 Å². The second-order valence-electron chi connectivity index (χ2n) is 8.53. The summed E-state index contributed by atoms with van der Waals surface area (Å²) >= 11 is 0. The Morgan fingerprint density at radius 2 is 2.06 bits per heavy atom. The number of carbonyl (C=O) groups is 1. The van der Waals surface area contributed by atoms with Gasteiger partial charge < -0.3 is 14.7 Å². The number of methoxy groups -OCH3 is 1. The minimum atomic E-state index is -1.23. The van der Waals surface area contributed by atoms with Crippen LogP contribution < -0.4 is 0 Å². The van der Waals surface area contributed by atoms with E-state index >= 15 is 4.39 Å². The standard InChI is InChI=1S/C26H34FNO3/c1-3-20-9-6-10-21(17-20)25-23(12-7-13-24(25)27)26(30,14-4-5-16-31-2)22-11-8-15-28(18-22)19-29/h6-7,9-10,12-13,17,19,22,30H,3-5,8,11,14-16,18H2,1-2H3/t22-,26+/m1/s1. The molecule has 2 aromatic carbocycles. The van der Waals surface area contributed by atoms with Crippen LogP contribution in [0.25, 0.3) is 11.1 Å². The zero-order valence-corrected chi connectivity index (χ0v) is 18.6. The Balaban J connectivity index is 2.08. The van der Waals surface area contributed by atoms with Crippen molar-refractivity contribution in [2.45, 2.75) is 51.0 Å². The van der Waals surface area contributed by atoms with Gasteiger partial charge in [0, 0.05) is 38.3 Å². The summed E-state index contributed by atoms with van der Waals surface area (Å²) in [4.78, 5) is 13.2. The van der Waals surface area contributed by atoms with Crippen LogP contribution in [0.15, 0.2) is 42.5 Å². The molecule has 0 saturated carbocycles. The molecule has 3 rings (SSSR count). The third kappa shape index (κ3) is 5.34. The fourth-order valence-electron chi connectivity index (χ4n) is 4.82. The molecule has 0 spiro atoms. The molecule has 1 N–H and O–H groups in total. The number of amides is 1. The number of ether oxygens (including phenoxy) is 1. The zero-order valence-electron chi connectivity index (χ0n) is 18.6. The van der Waals surface area contributed by atoms with E-state index in [-0.39, 0.29) is 11.7 Å². The number of piperidine rings is 1. The third-order valence-electron chi connectivity index (χ3n) is 6.54. The summed E-state index contributed by atoms with van der Waals surface area (Å²) in [5.41, 5.74) is 1.77. The number of rotatable bonds is 10. The number of halogens is 1. The van der Waals surface area contributed by atoms with Gasteiger partial charge in [-0.1, -0.05) is 43.3 Å². The molecule has 1 amide bonds. The molecule has 1 aliphatic rings. The molecule has 2 aromatic rings. The van der Waals surface area contributed by atoms with Crippen LogP contribution in [0, 0.1) is 11.7 Å². The highest BCUT2D eigenvalue weighted by Gasteiger charge is 2.42. The maximum Gasteiger partial charge on any atom is 0.209 e. The van der Waals surface area contributed by atoms with Gasteiger partial charge >= 0.3 is 0 Å². The van der Waals surface area contributed by atoms with Crippen molar-refractivity contribution in [3.8, 4) is 11.1 Å². The van der Waals surface area contributed by atoms with Gasteiger partial charge in [0.15, 0.2) is 0 Å². The Bertz CT molecular complexity index is 871. The number of hydrogen-bond acceptors (Lipinski definition) is 3.